The summed E-state index contributed by atoms with van der Waals surface area (Å²) in [6.07, 6.45) is 8.45. The molecule has 124 valence electrons. The smallest absolute Gasteiger partial charge is 0.0321 e. The van der Waals surface area contributed by atoms with Crippen LogP contribution in [0, 0.1) is 22.7 Å². The molecular formula is C20H44. The minimum Gasteiger partial charge on any atom is -0.0683 e. The van der Waals surface area contributed by atoms with Crippen LogP contribution in [0.5, 0.6) is 0 Å². The minimum atomic E-state index is 0.479. The Bertz CT molecular complexity index is 199. The highest BCUT2D eigenvalue weighted by atomic mass is 14.4. The predicted molar refractivity (Wildman–Crippen MR) is 96.3 cm³/mol. The zero-order chi connectivity index (χ0) is 16.4. The first kappa shape index (κ1) is 22.3. The fourth-order valence-electron chi connectivity index (χ4n) is 3.55. The maximum absolute atomic E-state index is 2.49. The summed E-state index contributed by atoms with van der Waals surface area (Å²) in [5.41, 5.74) is 1.02. The molecule has 1 fully saturated rings. The van der Waals surface area contributed by atoms with Crippen molar-refractivity contribution in [3.05, 3.63) is 0 Å². The molecule has 0 unspecified atom stereocenters. The van der Waals surface area contributed by atoms with E-state index < -0.39 is 0 Å². The van der Waals surface area contributed by atoms with Crippen LogP contribution < -0.4 is 0 Å². The van der Waals surface area contributed by atoms with Crippen LogP contribution in [-0.2, 0) is 0 Å². The molecule has 0 aromatic heterocycles. The topological polar surface area (TPSA) is 0 Å². The lowest BCUT2D eigenvalue weighted by molar-refractivity contribution is 0.0878. The third kappa shape index (κ3) is 10.7. The molecule has 0 aliphatic heterocycles. The summed E-state index contributed by atoms with van der Waals surface area (Å²) in [7, 11) is 0. The van der Waals surface area contributed by atoms with Crippen molar-refractivity contribution in [1.82, 2.24) is 0 Å². The second-order valence-corrected chi connectivity index (χ2v) is 8.39. The standard InChI is InChI=1S/C15H30.C3H8.C2H6/c1-12-7-9-13(10-8-12)15(5,6)11-14(2,3)4;1-3-2;1-2/h12-13H,7-11H2,1-6H3;3H2,1-2H3;1-2H3. The number of rotatable bonds is 2. The van der Waals surface area contributed by atoms with Crippen molar-refractivity contribution in [3.63, 3.8) is 0 Å². The fourth-order valence-corrected chi connectivity index (χ4v) is 3.55. The van der Waals surface area contributed by atoms with Crippen LogP contribution in [0.3, 0.4) is 0 Å². The van der Waals surface area contributed by atoms with Crippen LogP contribution in [0.15, 0.2) is 0 Å². The summed E-state index contributed by atoms with van der Waals surface area (Å²) >= 11 is 0. The Kier molecular flexibility index (Phi) is 11.9. The van der Waals surface area contributed by atoms with Gasteiger partial charge in [-0.1, -0.05) is 88.5 Å². The second-order valence-electron chi connectivity index (χ2n) is 8.39. The van der Waals surface area contributed by atoms with Crippen LogP contribution in [-0.4, -0.2) is 0 Å². The van der Waals surface area contributed by atoms with Crippen molar-refractivity contribution in [2.75, 3.05) is 0 Å². The van der Waals surface area contributed by atoms with E-state index in [0.717, 1.165) is 11.8 Å². The SMILES string of the molecule is CC.CC1CCC(C(C)(C)CC(C)(C)C)CC1.CCC. The third-order valence-electron chi connectivity index (χ3n) is 4.11. The van der Waals surface area contributed by atoms with E-state index >= 15 is 0 Å². The Balaban J connectivity index is 0. The van der Waals surface area contributed by atoms with Crippen molar-refractivity contribution >= 4 is 0 Å². The molecule has 1 rings (SSSR count). The molecule has 20 heavy (non-hydrogen) atoms. The van der Waals surface area contributed by atoms with E-state index in [0.29, 0.717) is 10.8 Å². The van der Waals surface area contributed by atoms with Gasteiger partial charge < -0.3 is 0 Å². The van der Waals surface area contributed by atoms with E-state index in [4.69, 9.17) is 0 Å². The zero-order valence-electron chi connectivity index (χ0n) is 16.4. The molecular weight excluding hydrogens is 240 g/mol. The zero-order valence-corrected chi connectivity index (χ0v) is 16.4. The van der Waals surface area contributed by atoms with Crippen LogP contribution in [0.25, 0.3) is 0 Å². The molecule has 0 spiro atoms. The Morgan fingerprint density at radius 2 is 1.15 bits per heavy atom. The average molecular weight is 285 g/mol. The van der Waals surface area contributed by atoms with Gasteiger partial charge in [0.2, 0.25) is 0 Å². The molecule has 0 aromatic carbocycles. The molecule has 1 saturated carbocycles. The van der Waals surface area contributed by atoms with Gasteiger partial charge in [-0.15, -0.1) is 0 Å². The monoisotopic (exact) mass is 284 g/mol. The molecule has 1 aliphatic carbocycles. The van der Waals surface area contributed by atoms with E-state index in [1.807, 2.05) is 13.8 Å². The van der Waals surface area contributed by atoms with Gasteiger partial charge in [0.1, 0.15) is 0 Å². The van der Waals surface area contributed by atoms with Crippen molar-refractivity contribution in [3.8, 4) is 0 Å². The Hall–Kier alpha value is 0. The summed E-state index contributed by atoms with van der Waals surface area (Å²) in [5, 5.41) is 0. The fraction of sp³-hybridized carbons (Fsp3) is 1.00. The van der Waals surface area contributed by atoms with Gasteiger partial charge in [-0.25, -0.2) is 0 Å². The molecule has 0 heteroatoms. The van der Waals surface area contributed by atoms with Crippen molar-refractivity contribution in [2.24, 2.45) is 22.7 Å². The Morgan fingerprint density at radius 1 is 0.800 bits per heavy atom. The predicted octanol–water partition coefficient (Wildman–Crippen LogP) is 7.72. The Labute approximate surface area is 131 Å². The molecule has 0 atom stereocenters. The molecule has 0 amide bonds. The van der Waals surface area contributed by atoms with Gasteiger partial charge in [-0.05, 0) is 41.9 Å². The number of hydrogen-bond acceptors (Lipinski definition) is 0. The highest BCUT2D eigenvalue weighted by molar-refractivity contribution is 4.85. The van der Waals surface area contributed by atoms with Crippen LogP contribution >= 0.6 is 0 Å². The lowest BCUT2D eigenvalue weighted by Crippen LogP contribution is -2.31. The van der Waals surface area contributed by atoms with Gasteiger partial charge in [0.15, 0.2) is 0 Å². The summed E-state index contributed by atoms with van der Waals surface area (Å²) in [5.74, 6) is 1.94. The van der Waals surface area contributed by atoms with Crippen molar-refractivity contribution < 1.29 is 0 Å². The van der Waals surface area contributed by atoms with Gasteiger partial charge in [0.25, 0.3) is 0 Å². The van der Waals surface area contributed by atoms with Crippen LogP contribution in [0.1, 0.15) is 108 Å². The molecule has 0 N–H and O–H groups in total. The largest absolute Gasteiger partial charge is 0.0683 e. The molecule has 0 saturated heterocycles. The first-order valence-corrected chi connectivity index (χ1v) is 9.12. The molecule has 0 bridgehead atoms. The highest BCUT2D eigenvalue weighted by Crippen LogP contribution is 2.45. The normalized spacial score (nSPS) is 23.1. The molecule has 1 aliphatic rings. The summed E-state index contributed by atoms with van der Waals surface area (Å²) < 4.78 is 0. The minimum absolute atomic E-state index is 0.479. The molecule has 0 nitrogen and oxygen atoms in total. The summed E-state index contributed by atoms with van der Waals surface area (Å²) in [4.78, 5) is 0. The van der Waals surface area contributed by atoms with E-state index in [1.165, 1.54) is 38.5 Å². The lowest BCUT2D eigenvalue weighted by Gasteiger charge is -2.42. The third-order valence-corrected chi connectivity index (χ3v) is 4.11. The second kappa shape index (κ2) is 10.7. The van der Waals surface area contributed by atoms with Crippen molar-refractivity contribution in [1.29, 1.82) is 0 Å². The van der Waals surface area contributed by atoms with E-state index in [2.05, 4.69) is 55.4 Å². The van der Waals surface area contributed by atoms with E-state index in [9.17, 15) is 0 Å². The maximum Gasteiger partial charge on any atom is -0.0321 e. The van der Waals surface area contributed by atoms with E-state index in [1.54, 1.807) is 0 Å². The van der Waals surface area contributed by atoms with Crippen LogP contribution in [0.2, 0.25) is 0 Å². The first-order valence-electron chi connectivity index (χ1n) is 9.12. The summed E-state index contributed by atoms with van der Waals surface area (Å²) in [6, 6.07) is 0. The molecule has 0 heterocycles. The molecule has 0 radical (unpaired) electrons. The van der Waals surface area contributed by atoms with Gasteiger partial charge in [-0.3, -0.25) is 0 Å². The van der Waals surface area contributed by atoms with Gasteiger partial charge >= 0.3 is 0 Å². The van der Waals surface area contributed by atoms with Gasteiger partial charge in [-0.2, -0.15) is 0 Å². The van der Waals surface area contributed by atoms with Crippen molar-refractivity contribution in [2.45, 2.75) is 108 Å². The van der Waals surface area contributed by atoms with Gasteiger partial charge in [0, 0.05) is 0 Å². The summed E-state index contributed by atoms with van der Waals surface area (Å²) in [6.45, 7) is 22.8. The quantitative estimate of drug-likeness (QED) is 0.487. The highest BCUT2D eigenvalue weighted by Gasteiger charge is 2.34. The first-order chi connectivity index (χ1) is 9.12. The molecule has 0 aromatic rings. The maximum atomic E-state index is 2.49. The van der Waals surface area contributed by atoms with Gasteiger partial charge in [0.05, 0.1) is 0 Å². The Morgan fingerprint density at radius 3 is 1.45 bits per heavy atom. The van der Waals surface area contributed by atoms with Crippen LogP contribution in [0.4, 0.5) is 0 Å². The van der Waals surface area contributed by atoms with E-state index in [-0.39, 0.29) is 0 Å². The lowest BCUT2D eigenvalue weighted by atomic mass is 9.63. The number of hydrogen-bond donors (Lipinski definition) is 0. The average Bonchev–Trinajstić information content (AvgIpc) is 2.30.